The lowest BCUT2D eigenvalue weighted by Crippen LogP contribution is -2.29. The van der Waals surface area contributed by atoms with Crippen LogP contribution in [0.25, 0.3) is 22.3 Å². The third-order valence-electron chi connectivity index (χ3n) is 10.0. The standard InChI is InChI=1S/C42H41NO6/c44-22-8-1-3-10-24-48-31-16-20-33-28(26-31)14-18-35-37(33)38-34-21-17-32(49-25-11-4-2-9-23-45)27-29(34)15-19-36(38)40-39(35)41(46)43(42(40)47)30-12-6-5-7-13-30/h5-7,12-13,16-17,20-23,26-27H,1-4,8-11,14-15,18-19,24-25H2. The number of amides is 2. The molecule has 1 aliphatic heterocycles. The fourth-order valence-electron chi connectivity index (χ4n) is 7.68. The van der Waals surface area contributed by atoms with Gasteiger partial charge in [0.05, 0.1) is 30.0 Å². The lowest BCUT2D eigenvalue weighted by molar-refractivity contribution is -0.108. The van der Waals surface area contributed by atoms with Gasteiger partial charge in [0.25, 0.3) is 11.8 Å². The van der Waals surface area contributed by atoms with E-state index in [1.54, 1.807) is 0 Å². The van der Waals surface area contributed by atoms with E-state index in [4.69, 9.17) is 9.47 Å². The molecule has 4 aromatic carbocycles. The summed E-state index contributed by atoms with van der Waals surface area (Å²) in [6, 6.07) is 21.7. The largest absolute Gasteiger partial charge is 0.494 e. The van der Waals surface area contributed by atoms with E-state index in [9.17, 15) is 19.2 Å². The van der Waals surface area contributed by atoms with E-state index in [1.807, 2.05) is 42.5 Å². The zero-order valence-electron chi connectivity index (χ0n) is 27.8. The van der Waals surface area contributed by atoms with Gasteiger partial charge in [-0.05, 0) is 145 Å². The molecular weight excluding hydrogens is 614 g/mol. The summed E-state index contributed by atoms with van der Waals surface area (Å²) in [5.41, 5.74) is 10.2. The molecule has 49 heavy (non-hydrogen) atoms. The van der Waals surface area contributed by atoms with Crippen molar-refractivity contribution in [2.24, 2.45) is 0 Å². The number of fused-ring (bicyclic) bond motifs is 10. The van der Waals surface area contributed by atoms with Crippen molar-refractivity contribution in [1.82, 2.24) is 0 Å². The first kappa shape index (κ1) is 32.5. The molecule has 0 spiro atoms. The summed E-state index contributed by atoms with van der Waals surface area (Å²) in [7, 11) is 0. The number of rotatable bonds is 15. The zero-order chi connectivity index (χ0) is 33.7. The molecule has 0 atom stereocenters. The Morgan fingerprint density at radius 1 is 0.551 bits per heavy atom. The van der Waals surface area contributed by atoms with E-state index in [0.717, 1.165) is 109 Å². The Labute approximate surface area is 287 Å². The fraction of sp³-hybridized carbons (Fsp3) is 0.333. The van der Waals surface area contributed by atoms with E-state index < -0.39 is 0 Å². The second-order valence-corrected chi connectivity index (χ2v) is 13.1. The molecule has 3 aliphatic rings. The molecule has 0 fully saturated rings. The van der Waals surface area contributed by atoms with Gasteiger partial charge in [-0.1, -0.05) is 30.3 Å². The predicted octanol–water partition coefficient (Wildman–Crippen LogP) is 8.29. The molecule has 2 amide bonds. The van der Waals surface area contributed by atoms with Gasteiger partial charge < -0.3 is 19.1 Å². The molecule has 250 valence electrons. The number of aryl methyl sites for hydroxylation is 2. The van der Waals surface area contributed by atoms with Crippen molar-refractivity contribution >= 4 is 30.1 Å². The summed E-state index contributed by atoms with van der Waals surface area (Å²) < 4.78 is 12.3. The van der Waals surface area contributed by atoms with Crippen LogP contribution in [0.2, 0.25) is 0 Å². The van der Waals surface area contributed by atoms with Crippen molar-refractivity contribution in [2.45, 2.75) is 77.0 Å². The van der Waals surface area contributed by atoms with E-state index in [0.29, 0.717) is 55.7 Å². The highest BCUT2D eigenvalue weighted by Gasteiger charge is 2.44. The molecule has 0 N–H and O–H groups in total. The molecule has 7 heteroatoms. The normalized spacial score (nSPS) is 14.0. The van der Waals surface area contributed by atoms with Gasteiger partial charge >= 0.3 is 0 Å². The third kappa shape index (κ3) is 6.30. The van der Waals surface area contributed by atoms with Gasteiger partial charge in [0.15, 0.2) is 0 Å². The highest BCUT2D eigenvalue weighted by molar-refractivity contribution is 6.36. The lowest BCUT2D eigenvalue weighted by Gasteiger charge is -2.31. The zero-order valence-corrected chi connectivity index (χ0v) is 27.8. The van der Waals surface area contributed by atoms with Crippen molar-refractivity contribution < 1.29 is 28.7 Å². The summed E-state index contributed by atoms with van der Waals surface area (Å²) in [5, 5.41) is 0. The number of hydrogen-bond acceptors (Lipinski definition) is 6. The van der Waals surface area contributed by atoms with Gasteiger partial charge in [-0.3, -0.25) is 9.59 Å². The molecule has 0 radical (unpaired) electrons. The maximum absolute atomic E-state index is 14.2. The van der Waals surface area contributed by atoms with Crippen LogP contribution in [0.4, 0.5) is 5.69 Å². The van der Waals surface area contributed by atoms with Gasteiger partial charge in [0.2, 0.25) is 0 Å². The summed E-state index contributed by atoms with van der Waals surface area (Å²) in [6.45, 7) is 1.19. The first-order valence-corrected chi connectivity index (χ1v) is 17.7. The molecule has 0 aromatic heterocycles. The van der Waals surface area contributed by atoms with Gasteiger partial charge in [-0.2, -0.15) is 0 Å². The number of ether oxygens (including phenoxy) is 2. The first-order chi connectivity index (χ1) is 24.1. The number of para-hydroxylation sites is 1. The van der Waals surface area contributed by atoms with Crippen LogP contribution in [-0.4, -0.2) is 37.6 Å². The van der Waals surface area contributed by atoms with Gasteiger partial charge in [-0.25, -0.2) is 4.90 Å². The number of nitrogens with zero attached hydrogens (tertiary/aromatic N) is 1. The van der Waals surface area contributed by atoms with Crippen LogP contribution in [0.15, 0.2) is 66.7 Å². The minimum absolute atomic E-state index is 0.245. The van der Waals surface area contributed by atoms with E-state index in [-0.39, 0.29) is 11.8 Å². The maximum atomic E-state index is 14.2. The Hall–Kier alpha value is -5.04. The Kier molecular flexibility index (Phi) is 9.69. The number of carbonyl (C=O) groups is 4. The molecule has 0 unspecified atom stereocenters. The molecule has 2 aliphatic carbocycles. The van der Waals surface area contributed by atoms with Gasteiger partial charge in [0, 0.05) is 12.8 Å². The van der Waals surface area contributed by atoms with Crippen LogP contribution in [0.3, 0.4) is 0 Å². The lowest BCUT2D eigenvalue weighted by atomic mass is 9.72. The van der Waals surface area contributed by atoms with Crippen molar-refractivity contribution in [3.8, 4) is 33.8 Å². The summed E-state index contributed by atoms with van der Waals surface area (Å²) in [6.07, 6.45) is 11.3. The number of aldehydes is 2. The van der Waals surface area contributed by atoms with Crippen molar-refractivity contribution in [3.63, 3.8) is 0 Å². The summed E-state index contributed by atoms with van der Waals surface area (Å²) >= 11 is 0. The SMILES string of the molecule is O=CCCCCCOc1ccc2c(c1)CCc1c3c(c4c(c1-2)-c1ccc(OCCCCCC=O)cc1CC4)C(=O)N(c1ccccc1)C3=O. The molecule has 7 nitrogen and oxygen atoms in total. The Bertz CT molecular complexity index is 1790. The number of carbonyl (C=O) groups excluding carboxylic acids is 4. The van der Waals surface area contributed by atoms with Crippen LogP contribution in [0.1, 0.15) is 94.3 Å². The Balaban J connectivity index is 1.28. The van der Waals surface area contributed by atoms with Gasteiger partial charge in [0.1, 0.15) is 24.1 Å². The number of benzene rings is 4. The second-order valence-electron chi connectivity index (χ2n) is 13.1. The molecular formula is C42H41NO6. The average Bonchev–Trinajstić information content (AvgIpc) is 3.40. The van der Waals surface area contributed by atoms with E-state index >= 15 is 0 Å². The maximum Gasteiger partial charge on any atom is 0.266 e. The topological polar surface area (TPSA) is 90.0 Å². The van der Waals surface area contributed by atoms with E-state index in [1.165, 1.54) is 16.0 Å². The minimum atomic E-state index is -0.245. The second kappa shape index (κ2) is 14.6. The van der Waals surface area contributed by atoms with Crippen LogP contribution in [-0.2, 0) is 35.3 Å². The van der Waals surface area contributed by atoms with Crippen LogP contribution in [0.5, 0.6) is 11.5 Å². The Morgan fingerprint density at radius 2 is 1.04 bits per heavy atom. The van der Waals surface area contributed by atoms with Crippen molar-refractivity contribution in [3.05, 3.63) is 100 Å². The predicted molar refractivity (Wildman–Crippen MR) is 190 cm³/mol. The number of anilines is 1. The van der Waals surface area contributed by atoms with Crippen molar-refractivity contribution in [1.29, 1.82) is 0 Å². The summed E-state index contributed by atoms with van der Waals surface area (Å²) in [4.78, 5) is 51.1. The monoisotopic (exact) mass is 655 g/mol. The molecule has 0 bridgehead atoms. The highest BCUT2D eigenvalue weighted by atomic mass is 16.5. The molecule has 7 rings (SSSR count). The Morgan fingerprint density at radius 3 is 1.51 bits per heavy atom. The minimum Gasteiger partial charge on any atom is -0.494 e. The highest BCUT2D eigenvalue weighted by Crippen LogP contribution is 2.51. The van der Waals surface area contributed by atoms with Crippen LogP contribution < -0.4 is 14.4 Å². The molecule has 4 aromatic rings. The smallest absolute Gasteiger partial charge is 0.266 e. The van der Waals surface area contributed by atoms with Crippen LogP contribution in [0, 0.1) is 0 Å². The first-order valence-electron chi connectivity index (χ1n) is 17.7. The number of imide groups is 1. The number of unbranched alkanes of at least 4 members (excludes halogenated alkanes) is 6. The molecule has 1 heterocycles. The van der Waals surface area contributed by atoms with Crippen molar-refractivity contribution in [2.75, 3.05) is 18.1 Å². The number of hydrogen-bond donors (Lipinski definition) is 0. The molecule has 0 saturated heterocycles. The van der Waals surface area contributed by atoms with E-state index in [2.05, 4.69) is 24.3 Å². The van der Waals surface area contributed by atoms with Crippen LogP contribution >= 0.6 is 0 Å². The quantitative estimate of drug-likeness (QED) is 0.0727. The third-order valence-corrected chi connectivity index (χ3v) is 10.0. The fourth-order valence-corrected chi connectivity index (χ4v) is 7.68. The average molecular weight is 656 g/mol. The van der Waals surface area contributed by atoms with Gasteiger partial charge in [-0.15, -0.1) is 0 Å². The molecule has 0 saturated carbocycles. The summed E-state index contributed by atoms with van der Waals surface area (Å²) in [5.74, 6) is 1.15.